The molecule has 1 fully saturated rings. The first-order chi connectivity index (χ1) is 8.36. The Morgan fingerprint density at radius 3 is 2.65 bits per heavy atom. The third-order valence-corrected chi connectivity index (χ3v) is 3.97. The number of rotatable bonds is 10. The van der Waals surface area contributed by atoms with Crippen molar-refractivity contribution in [2.75, 3.05) is 26.2 Å². The molecule has 0 spiro atoms. The van der Waals surface area contributed by atoms with Gasteiger partial charge >= 0.3 is 0 Å². The van der Waals surface area contributed by atoms with Crippen LogP contribution in [0, 0.1) is 5.92 Å². The average Bonchev–Trinajstić information content (AvgIpc) is 2.77. The fraction of sp³-hybridized carbons (Fsp3) is 1.00. The fourth-order valence-corrected chi connectivity index (χ4v) is 2.84. The molecule has 1 atom stereocenters. The van der Waals surface area contributed by atoms with Gasteiger partial charge in [-0.3, -0.25) is 0 Å². The van der Waals surface area contributed by atoms with E-state index in [0.29, 0.717) is 6.61 Å². The van der Waals surface area contributed by atoms with Gasteiger partial charge in [-0.2, -0.15) is 0 Å². The Kier molecular flexibility index (Phi) is 8.72. The zero-order valence-corrected chi connectivity index (χ0v) is 11.7. The summed E-state index contributed by atoms with van der Waals surface area (Å²) in [7, 11) is 0. The first-order valence-electron chi connectivity index (χ1n) is 7.70. The van der Waals surface area contributed by atoms with Crippen LogP contribution in [0.25, 0.3) is 0 Å². The van der Waals surface area contributed by atoms with Crippen molar-refractivity contribution in [1.82, 2.24) is 4.90 Å². The van der Waals surface area contributed by atoms with E-state index in [4.69, 9.17) is 5.11 Å². The summed E-state index contributed by atoms with van der Waals surface area (Å²) in [6.07, 6.45) is 11.9. The molecule has 102 valence electrons. The zero-order chi connectivity index (χ0) is 12.3. The monoisotopic (exact) mass is 241 g/mol. The van der Waals surface area contributed by atoms with E-state index in [-0.39, 0.29) is 0 Å². The standard InChI is InChI=1S/C15H31NO/c1-2-3-4-5-7-11-16-12-10-15(14-16)9-6-8-13-17/h15,17H,2-14H2,1H3. The second-order valence-electron chi connectivity index (χ2n) is 5.59. The molecular weight excluding hydrogens is 210 g/mol. The second-order valence-corrected chi connectivity index (χ2v) is 5.59. The fourth-order valence-electron chi connectivity index (χ4n) is 2.84. The molecule has 0 radical (unpaired) electrons. The van der Waals surface area contributed by atoms with E-state index >= 15 is 0 Å². The summed E-state index contributed by atoms with van der Waals surface area (Å²) in [4.78, 5) is 2.65. The van der Waals surface area contributed by atoms with Crippen LogP contribution < -0.4 is 0 Å². The maximum Gasteiger partial charge on any atom is 0.0431 e. The van der Waals surface area contributed by atoms with E-state index < -0.39 is 0 Å². The zero-order valence-electron chi connectivity index (χ0n) is 11.7. The van der Waals surface area contributed by atoms with Crippen molar-refractivity contribution in [3.05, 3.63) is 0 Å². The molecule has 0 aromatic heterocycles. The lowest BCUT2D eigenvalue weighted by Gasteiger charge is -2.15. The lowest BCUT2D eigenvalue weighted by Crippen LogP contribution is -2.21. The SMILES string of the molecule is CCCCCCCN1CCC(CCCCO)C1. The predicted molar refractivity (Wildman–Crippen MR) is 74.2 cm³/mol. The highest BCUT2D eigenvalue weighted by molar-refractivity contribution is 4.75. The Morgan fingerprint density at radius 2 is 1.88 bits per heavy atom. The summed E-state index contributed by atoms with van der Waals surface area (Å²) in [6.45, 7) is 6.60. The molecule has 1 saturated heterocycles. The minimum Gasteiger partial charge on any atom is -0.396 e. The summed E-state index contributed by atoms with van der Waals surface area (Å²) < 4.78 is 0. The number of aliphatic hydroxyl groups excluding tert-OH is 1. The molecule has 17 heavy (non-hydrogen) atoms. The van der Waals surface area contributed by atoms with Gasteiger partial charge < -0.3 is 10.0 Å². The summed E-state index contributed by atoms with van der Waals surface area (Å²) in [5, 5.41) is 8.77. The third kappa shape index (κ3) is 7.05. The Labute approximate surface area is 107 Å². The molecule has 0 aromatic rings. The molecule has 1 unspecified atom stereocenters. The summed E-state index contributed by atoms with van der Waals surface area (Å²) in [5.74, 6) is 0.914. The Hall–Kier alpha value is -0.0800. The highest BCUT2D eigenvalue weighted by atomic mass is 16.2. The van der Waals surface area contributed by atoms with E-state index in [1.165, 1.54) is 71.0 Å². The number of hydrogen-bond donors (Lipinski definition) is 1. The molecule has 2 nitrogen and oxygen atoms in total. The summed E-state index contributed by atoms with van der Waals surface area (Å²) >= 11 is 0. The van der Waals surface area contributed by atoms with Crippen molar-refractivity contribution < 1.29 is 5.11 Å². The molecule has 0 aliphatic carbocycles. The van der Waals surface area contributed by atoms with Gasteiger partial charge in [-0.25, -0.2) is 0 Å². The van der Waals surface area contributed by atoms with Gasteiger partial charge in [0, 0.05) is 13.2 Å². The molecule has 2 heteroatoms. The number of nitrogens with zero attached hydrogens (tertiary/aromatic N) is 1. The topological polar surface area (TPSA) is 23.5 Å². The molecule has 1 aliphatic heterocycles. The quantitative estimate of drug-likeness (QED) is 0.592. The van der Waals surface area contributed by atoms with Crippen LogP contribution in [0.4, 0.5) is 0 Å². The van der Waals surface area contributed by atoms with Crippen LogP contribution in [0.2, 0.25) is 0 Å². The largest absolute Gasteiger partial charge is 0.396 e. The van der Waals surface area contributed by atoms with Crippen LogP contribution in [0.15, 0.2) is 0 Å². The molecular formula is C15H31NO. The van der Waals surface area contributed by atoms with Crippen molar-refractivity contribution in [3.63, 3.8) is 0 Å². The van der Waals surface area contributed by atoms with Gasteiger partial charge in [-0.1, -0.05) is 39.0 Å². The molecule has 1 N–H and O–H groups in total. The molecule has 0 bridgehead atoms. The Morgan fingerprint density at radius 1 is 1.06 bits per heavy atom. The van der Waals surface area contributed by atoms with Gasteiger partial charge in [-0.05, 0) is 44.7 Å². The van der Waals surface area contributed by atoms with E-state index in [9.17, 15) is 0 Å². The van der Waals surface area contributed by atoms with E-state index in [2.05, 4.69) is 11.8 Å². The Bertz CT molecular complexity index is 172. The van der Waals surface area contributed by atoms with Crippen molar-refractivity contribution in [2.24, 2.45) is 5.92 Å². The lowest BCUT2D eigenvalue weighted by atomic mass is 10.0. The molecule has 0 saturated carbocycles. The number of hydrogen-bond acceptors (Lipinski definition) is 2. The van der Waals surface area contributed by atoms with Crippen LogP contribution >= 0.6 is 0 Å². The van der Waals surface area contributed by atoms with Gasteiger partial charge in [0.2, 0.25) is 0 Å². The minimum absolute atomic E-state index is 0.369. The average molecular weight is 241 g/mol. The summed E-state index contributed by atoms with van der Waals surface area (Å²) in [5.41, 5.74) is 0. The number of aliphatic hydroxyl groups is 1. The van der Waals surface area contributed by atoms with Crippen LogP contribution in [-0.2, 0) is 0 Å². The number of likely N-dealkylation sites (tertiary alicyclic amines) is 1. The van der Waals surface area contributed by atoms with Crippen LogP contribution in [0.3, 0.4) is 0 Å². The van der Waals surface area contributed by atoms with Crippen molar-refractivity contribution >= 4 is 0 Å². The minimum atomic E-state index is 0.369. The summed E-state index contributed by atoms with van der Waals surface area (Å²) in [6, 6.07) is 0. The second kappa shape index (κ2) is 9.90. The lowest BCUT2D eigenvalue weighted by molar-refractivity contribution is 0.274. The predicted octanol–water partition coefficient (Wildman–Crippen LogP) is 3.44. The molecule has 0 amide bonds. The van der Waals surface area contributed by atoms with Crippen LogP contribution in [-0.4, -0.2) is 36.2 Å². The van der Waals surface area contributed by atoms with Gasteiger partial charge in [0.1, 0.15) is 0 Å². The highest BCUT2D eigenvalue weighted by Gasteiger charge is 2.20. The van der Waals surface area contributed by atoms with Crippen LogP contribution in [0.5, 0.6) is 0 Å². The van der Waals surface area contributed by atoms with Gasteiger partial charge in [0.15, 0.2) is 0 Å². The van der Waals surface area contributed by atoms with Gasteiger partial charge in [0.25, 0.3) is 0 Å². The van der Waals surface area contributed by atoms with E-state index in [1.807, 2.05) is 0 Å². The first-order valence-corrected chi connectivity index (χ1v) is 7.70. The number of unbranched alkanes of at least 4 members (excludes halogenated alkanes) is 5. The maximum atomic E-state index is 8.77. The van der Waals surface area contributed by atoms with E-state index in [1.54, 1.807) is 0 Å². The maximum absolute atomic E-state index is 8.77. The molecule has 1 aliphatic rings. The first kappa shape index (κ1) is 15.0. The molecule has 1 heterocycles. The van der Waals surface area contributed by atoms with Crippen molar-refractivity contribution in [3.8, 4) is 0 Å². The van der Waals surface area contributed by atoms with Gasteiger partial charge in [0.05, 0.1) is 0 Å². The van der Waals surface area contributed by atoms with Crippen molar-refractivity contribution in [1.29, 1.82) is 0 Å². The molecule has 0 aromatic carbocycles. The highest BCUT2D eigenvalue weighted by Crippen LogP contribution is 2.22. The smallest absolute Gasteiger partial charge is 0.0431 e. The van der Waals surface area contributed by atoms with Crippen molar-refractivity contribution in [2.45, 2.75) is 64.7 Å². The third-order valence-electron chi connectivity index (χ3n) is 3.97. The van der Waals surface area contributed by atoms with Gasteiger partial charge in [-0.15, -0.1) is 0 Å². The normalized spacial score (nSPS) is 21.2. The Balaban J connectivity index is 1.94. The molecule has 1 rings (SSSR count). The van der Waals surface area contributed by atoms with E-state index in [0.717, 1.165) is 12.3 Å². The van der Waals surface area contributed by atoms with Crippen LogP contribution in [0.1, 0.15) is 64.7 Å².